The summed E-state index contributed by atoms with van der Waals surface area (Å²) < 4.78 is 19.2. The number of pyridine rings is 1. The van der Waals surface area contributed by atoms with E-state index in [2.05, 4.69) is 20.9 Å². The molecular formula is C12H7BrCl2FNO. The van der Waals surface area contributed by atoms with Crippen LogP contribution in [0.25, 0.3) is 0 Å². The average Bonchev–Trinajstić information content (AvgIpc) is 2.36. The largest absolute Gasteiger partial charge is 0.438 e. The van der Waals surface area contributed by atoms with Crippen LogP contribution >= 0.6 is 39.1 Å². The number of hydrogen-bond acceptors (Lipinski definition) is 2. The topological polar surface area (TPSA) is 22.1 Å². The fourth-order valence-corrected chi connectivity index (χ4v) is 2.07. The van der Waals surface area contributed by atoms with Crippen molar-refractivity contribution in [2.45, 2.75) is 5.88 Å². The molecule has 1 aromatic heterocycles. The molecule has 0 N–H and O–H groups in total. The Labute approximate surface area is 122 Å². The van der Waals surface area contributed by atoms with Crippen molar-refractivity contribution in [3.05, 3.63) is 51.3 Å². The molecule has 2 nitrogen and oxygen atoms in total. The normalized spacial score (nSPS) is 10.4. The van der Waals surface area contributed by atoms with Crippen LogP contribution in [0, 0.1) is 5.82 Å². The first-order valence-electron chi connectivity index (χ1n) is 4.93. The molecule has 0 unspecified atom stereocenters. The number of nitrogens with zero attached hydrogens (tertiary/aromatic N) is 1. The highest BCUT2D eigenvalue weighted by Gasteiger charge is 2.08. The van der Waals surface area contributed by atoms with Crippen LogP contribution in [-0.4, -0.2) is 4.98 Å². The summed E-state index contributed by atoms with van der Waals surface area (Å²) in [5, 5.41) is 0.468. The van der Waals surface area contributed by atoms with E-state index in [9.17, 15) is 4.39 Å². The first-order valence-corrected chi connectivity index (χ1v) is 6.64. The molecule has 0 spiro atoms. The van der Waals surface area contributed by atoms with Gasteiger partial charge in [-0.3, -0.25) is 0 Å². The van der Waals surface area contributed by atoms with Gasteiger partial charge in [-0.25, -0.2) is 9.37 Å². The maximum Gasteiger partial charge on any atom is 0.219 e. The van der Waals surface area contributed by atoms with Crippen LogP contribution in [-0.2, 0) is 5.88 Å². The van der Waals surface area contributed by atoms with Gasteiger partial charge in [0.15, 0.2) is 0 Å². The molecule has 2 rings (SSSR count). The fraction of sp³-hybridized carbons (Fsp3) is 0.0833. The zero-order valence-corrected chi connectivity index (χ0v) is 12.1. The quantitative estimate of drug-likeness (QED) is 0.712. The lowest BCUT2D eigenvalue weighted by atomic mass is 10.3. The van der Waals surface area contributed by atoms with Crippen molar-refractivity contribution in [2.24, 2.45) is 0 Å². The summed E-state index contributed by atoms with van der Waals surface area (Å²) in [5.74, 6) is 0.508. The van der Waals surface area contributed by atoms with E-state index in [0.29, 0.717) is 26.7 Å². The first-order chi connectivity index (χ1) is 8.60. The zero-order chi connectivity index (χ0) is 13.1. The molecule has 1 aromatic carbocycles. The fourth-order valence-electron chi connectivity index (χ4n) is 1.28. The Hall–Kier alpha value is -0.840. The van der Waals surface area contributed by atoms with E-state index in [1.807, 2.05) is 0 Å². The molecule has 0 atom stereocenters. The predicted molar refractivity (Wildman–Crippen MR) is 73.0 cm³/mol. The molecule has 0 aliphatic rings. The van der Waals surface area contributed by atoms with Gasteiger partial charge in [0.25, 0.3) is 0 Å². The highest BCUT2D eigenvalue weighted by molar-refractivity contribution is 9.10. The molecule has 2 aromatic rings. The van der Waals surface area contributed by atoms with Crippen LogP contribution in [0.2, 0.25) is 5.02 Å². The molecule has 0 saturated heterocycles. The molecule has 0 radical (unpaired) electrons. The molecule has 0 amide bonds. The van der Waals surface area contributed by atoms with Crippen molar-refractivity contribution in [1.29, 1.82) is 0 Å². The van der Waals surface area contributed by atoms with Crippen molar-refractivity contribution < 1.29 is 9.13 Å². The van der Waals surface area contributed by atoms with Gasteiger partial charge in [0.05, 0.1) is 9.50 Å². The van der Waals surface area contributed by atoms with Crippen molar-refractivity contribution in [3.63, 3.8) is 0 Å². The van der Waals surface area contributed by atoms with Gasteiger partial charge in [0, 0.05) is 24.2 Å². The molecular weight excluding hydrogens is 344 g/mol. The number of benzene rings is 1. The zero-order valence-electron chi connectivity index (χ0n) is 8.96. The Morgan fingerprint density at radius 2 is 2.11 bits per heavy atom. The van der Waals surface area contributed by atoms with Crippen LogP contribution in [0.3, 0.4) is 0 Å². The third-order valence-electron chi connectivity index (χ3n) is 2.16. The number of alkyl halides is 1. The van der Waals surface area contributed by atoms with Gasteiger partial charge < -0.3 is 4.74 Å². The molecule has 94 valence electrons. The van der Waals surface area contributed by atoms with E-state index in [-0.39, 0.29) is 11.7 Å². The van der Waals surface area contributed by atoms with Gasteiger partial charge in [0.2, 0.25) is 5.88 Å². The lowest BCUT2D eigenvalue weighted by molar-refractivity contribution is 0.455. The molecule has 6 heteroatoms. The predicted octanol–water partition coefficient (Wildman–Crippen LogP) is 5.17. The van der Waals surface area contributed by atoms with Crippen LogP contribution in [0.4, 0.5) is 4.39 Å². The third kappa shape index (κ3) is 3.13. The minimum atomic E-state index is -0.389. The Balaban J connectivity index is 2.31. The molecule has 1 heterocycles. The van der Waals surface area contributed by atoms with Crippen LogP contribution in [0.15, 0.2) is 34.9 Å². The summed E-state index contributed by atoms with van der Waals surface area (Å²) in [6.45, 7) is 0. The van der Waals surface area contributed by atoms with Crippen LogP contribution in [0.1, 0.15) is 5.56 Å². The lowest BCUT2D eigenvalue weighted by Crippen LogP contribution is -1.92. The van der Waals surface area contributed by atoms with E-state index in [1.54, 1.807) is 12.1 Å². The number of ether oxygens (including phenoxy) is 1. The number of aromatic nitrogens is 1. The summed E-state index contributed by atoms with van der Waals surface area (Å²) in [5.41, 5.74) is 0.704. The van der Waals surface area contributed by atoms with Crippen molar-refractivity contribution >= 4 is 39.1 Å². The monoisotopic (exact) mass is 349 g/mol. The molecule has 0 fully saturated rings. The molecule has 0 aliphatic carbocycles. The molecule has 0 aliphatic heterocycles. The van der Waals surface area contributed by atoms with Gasteiger partial charge in [-0.2, -0.15) is 0 Å². The van der Waals surface area contributed by atoms with Gasteiger partial charge in [-0.15, -0.1) is 11.6 Å². The Morgan fingerprint density at radius 1 is 1.33 bits per heavy atom. The maximum atomic E-state index is 13.1. The smallest absolute Gasteiger partial charge is 0.219 e. The van der Waals surface area contributed by atoms with Crippen molar-refractivity contribution in [2.75, 3.05) is 0 Å². The van der Waals surface area contributed by atoms with Crippen LogP contribution < -0.4 is 4.74 Å². The summed E-state index contributed by atoms with van der Waals surface area (Å²) in [6, 6.07) is 5.77. The third-order valence-corrected chi connectivity index (χ3v) is 3.44. The van der Waals surface area contributed by atoms with Gasteiger partial charge in [-0.05, 0) is 33.6 Å². The van der Waals surface area contributed by atoms with Gasteiger partial charge >= 0.3 is 0 Å². The number of rotatable bonds is 3. The highest BCUT2D eigenvalue weighted by Crippen LogP contribution is 2.30. The van der Waals surface area contributed by atoms with E-state index >= 15 is 0 Å². The Bertz CT molecular complexity index is 580. The first kappa shape index (κ1) is 13.6. The minimum absolute atomic E-state index is 0.252. The summed E-state index contributed by atoms with van der Waals surface area (Å²) in [6.07, 6.45) is 1.45. The Kier molecular flexibility index (Phi) is 4.43. The van der Waals surface area contributed by atoms with Gasteiger partial charge in [-0.1, -0.05) is 11.6 Å². The second kappa shape index (κ2) is 5.87. The molecule has 0 bridgehead atoms. The maximum absolute atomic E-state index is 13.1. The second-order valence-corrected chi connectivity index (χ2v) is 4.95. The summed E-state index contributed by atoms with van der Waals surface area (Å²) in [4.78, 5) is 4.00. The van der Waals surface area contributed by atoms with E-state index in [4.69, 9.17) is 27.9 Å². The highest BCUT2D eigenvalue weighted by atomic mass is 79.9. The number of halogens is 4. The number of hydrogen-bond donors (Lipinski definition) is 0. The lowest BCUT2D eigenvalue weighted by Gasteiger charge is -2.08. The summed E-state index contributed by atoms with van der Waals surface area (Å²) >= 11 is 14.9. The minimum Gasteiger partial charge on any atom is -0.438 e. The van der Waals surface area contributed by atoms with Crippen molar-refractivity contribution in [1.82, 2.24) is 4.98 Å². The van der Waals surface area contributed by atoms with E-state index in [0.717, 1.165) is 0 Å². The standard InChI is InChI=1S/C12H7BrCl2FNO/c13-9-2-1-8(16)4-11(9)18-12-3-7(5-14)10(15)6-17-12/h1-4,6H,5H2. The van der Waals surface area contributed by atoms with Crippen LogP contribution in [0.5, 0.6) is 11.6 Å². The van der Waals surface area contributed by atoms with Gasteiger partial charge in [0.1, 0.15) is 11.6 Å². The summed E-state index contributed by atoms with van der Waals surface area (Å²) in [7, 11) is 0. The molecule has 18 heavy (non-hydrogen) atoms. The SMILES string of the molecule is Fc1ccc(Br)c(Oc2cc(CCl)c(Cl)cn2)c1. The molecule has 0 saturated carbocycles. The van der Waals surface area contributed by atoms with Crippen molar-refractivity contribution in [3.8, 4) is 11.6 Å². The van der Waals surface area contributed by atoms with E-state index < -0.39 is 0 Å². The van der Waals surface area contributed by atoms with E-state index in [1.165, 1.54) is 18.3 Å². The average molecular weight is 351 g/mol. The second-order valence-electron chi connectivity index (χ2n) is 3.42. The Morgan fingerprint density at radius 3 is 2.83 bits per heavy atom.